The van der Waals surface area contributed by atoms with Gasteiger partial charge in [0.2, 0.25) is 0 Å². The molecule has 2 aliphatic heterocycles. The van der Waals surface area contributed by atoms with E-state index in [-0.39, 0.29) is 0 Å². The van der Waals surface area contributed by atoms with Crippen LogP contribution in [0.2, 0.25) is 0 Å². The Labute approximate surface area is 116 Å². The Bertz CT molecular complexity index is 420. The molecule has 1 aromatic rings. The molecule has 0 amide bonds. The van der Waals surface area contributed by atoms with Crippen LogP contribution >= 0.6 is 0 Å². The first kappa shape index (κ1) is 13.1. The van der Waals surface area contributed by atoms with Crippen molar-refractivity contribution in [2.75, 3.05) is 13.1 Å². The van der Waals surface area contributed by atoms with Crippen LogP contribution in [0.5, 0.6) is 0 Å². The summed E-state index contributed by atoms with van der Waals surface area (Å²) in [6.45, 7) is 5.69. The zero-order valence-electron chi connectivity index (χ0n) is 12.2. The Balaban J connectivity index is 1.68. The Morgan fingerprint density at radius 1 is 1.37 bits per heavy atom. The fourth-order valence-corrected chi connectivity index (χ4v) is 3.64. The third kappa shape index (κ3) is 2.70. The molecule has 1 N–H and O–H groups in total. The summed E-state index contributed by atoms with van der Waals surface area (Å²) >= 11 is 0. The lowest BCUT2D eigenvalue weighted by Gasteiger charge is -2.29. The molecule has 2 unspecified atom stereocenters. The molecule has 19 heavy (non-hydrogen) atoms. The molecule has 2 fully saturated rings. The maximum atomic E-state index is 4.57. The lowest BCUT2D eigenvalue weighted by atomic mass is 10.0. The lowest BCUT2D eigenvalue weighted by Crippen LogP contribution is -2.43. The molecule has 1 aromatic heterocycles. The molecule has 0 spiro atoms. The largest absolute Gasteiger partial charge is 0.312 e. The predicted molar refractivity (Wildman–Crippen MR) is 77.0 cm³/mol. The Morgan fingerprint density at radius 3 is 2.95 bits per heavy atom. The number of nitrogens with one attached hydrogen (secondary N) is 1. The first-order valence-electron chi connectivity index (χ1n) is 7.77. The van der Waals surface area contributed by atoms with Crippen LogP contribution in [0.3, 0.4) is 0 Å². The van der Waals surface area contributed by atoms with E-state index in [1.807, 2.05) is 0 Å². The maximum Gasteiger partial charge on any atom is 0.0625 e. The molecule has 4 heteroatoms. The molecule has 0 saturated carbocycles. The van der Waals surface area contributed by atoms with Crippen molar-refractivity contribution in [1.82, 2.24) is 20.0 Å². The summed E-state index contributed by atoms with van der Waals surface area (Å²) in [6, 6.07) is 3.74. The van der Waals surface area contributed by atoms with Crippen LogP contribution in [0.1, 0.15) is 44.0 Å². The highest BCUT2D eigenvalue weighted by atomic mass is 15.3. The van der Waals surface area contributed by atoms with Crippen molar-refractivity contribution in [2.45, 2.75) is 57.7 Å². The van der Waals surface area contributed by atoms with Crippen LogP contribution in [0, 0.1) is 0 Å². The molecule has 0 bridgehead atoms. The highest BCUT2D eigenvalue weighted by Gasteiger charge is 2.33. The molecule has 2 atom stereocenters. The first-order chi connectivity index (χ1) is 9.28. The minimum absolute atomic E-state index is 0.723. The number of likely N-dealkylation sites (tertiary alicyclic amines) is 1. The van der Waals surface area contributed by atoms with E-state index >= 15 is 0 Å². The zero-order chi connectivity index (χ0) is 13.2. The van der Waals surface area contributed by atoms with Crippen LogP contribution in [0.25, 0.3) is 0 Å². The molecule has 3 rings (SSSR count). The number of nitrogens with zero attached hydrogens (tertiary/aromatic N) is 3. The summed E-state index contributed by atoms with van der Waals surface area (Å²) in [4.78, 5) is 2.67. The highest BCUT2D eigenvalue weighted by molar-refractivity contribution is 5.11. The van der Waals surface area contributed by atoms with Gasteiger partial charge in [-0.15, -0.1) is 0 Å². The Hall–Kier alpha value is -0.870. The van der Waals surface area contributed by atoms with Gasteiger partial charge in [0.05, 0.1) is 11.4 Å². The van der Waals surface area contributed by atoms with E-state index in [0.29, 0.717) is 0 Å². The third-order valence-electron chi connectivity index (χ3n) is 4.73. The van der Waals surface area contributed by atoms with Gasteiger partial charge in [-0.3, -0.25) is 9.58 Å². The van der Waals surface area contributed by atoms with E-state index in [0.717, 1.165) is 25.0 Å². The van der Waals surface area contributed by atoms with Crippen molar-refractivity contribution in [3.63, 3.8) is 0 Å². The van der Waals surface area contributed by atoms with Gasteiger partial charge < -0.3 is 5.32 Å². The van der Waals surface area contributed by atoms with Gasteiger partial charge in [0.15, 0.2) is 0 Å². The molecule has 3 heterocycles. The average Bonchev–Trinajstić information content (AvgIpc) is 3.11. The highest BCUT2D eigenvalue weighted by Crippen LogP contribution is 2.26. The second kappa shape index (κ2) is 5.63. The van der Waals surface area contributed by atoms with Gasteiger partial charge in [0.25, 0.3) is 0 Å². The minimum atomic E-state index is 0.723. The molecule has 2 aliphatic rings. The fourth-order valence-electron chi connectivity index (χ4n) is 3.64. The standard InChI is InChI=1S/C15H26N4/c1-3-12-10-13(18(2)17-12)11-19-9-5-7-15(19)14-6-4-8-16-14/h10,14-16H,3-9,11H2,1-2H3. The van der Waals surface area contributed by atoms with Crippen LogP contribution in [-0.4, -0.2) is 39.9 Å². The van der Waals surface area contributed by atoms with Gasteiger partial charge in [0, 0.05) is 25.7 Å². The molecule has 0 radical (unpaired) electrons. The van der Waals surface area contributed by atoms with Crippen molar-refractivity contribution in [3.05, 3.63) is 17.5 Å². The van der Waals surface area contributed by atoms with E-state index in [1.165, 1.54) is 50.2 Å². The summed E-state index contributed by atoms with van der Waals surface area (Å²) in [6.07, 6.45) is 6.44. The quantitative estimate of drug-likeness (QED) is 0.896. The molecule has 4 nitrogen and oxygen atoms in total. The van der Waals surface area contributed by atoms with Crippen LogP contribution in [-0.2, 0) is 20.0 Å². The molecule has 0 aliphatic carbocycles. The number of aryl methyl sites for hydroxylation is 2. The monoisotopic (exact) mass is 262 g/mol. The molecule has 0 aromatic carbocycles. The van der Waals surface area contributed by atoms with E-state index < -0.39 is 0 Å². The topological polar surface area (TPSA) is 33.1 Å². The molecule has 2 saturated heterocycles. The van der Waals surface area contributed by atoms with Crippen molar-refractivity contribution in [3.8, 4) is 0 Å². The van der Waals surface area contributed by atoms with Crippen molar-refractivity contribution in [2.24, 2.45) is 7.05 Å². The SMILES string of the molecule is CCc1cc(CN2CCCC2C2CCCN2)n(C)n1. The van der Waals surface area contributed by atoms with Crippen molar-refractivity contribution < 1.29 is 0 Å². The second-order valence-corrected chi connectivity index (χ2v) is 5.99. The van der Waals surface area contributed by atoms with E-state index in [2.05, 4.69) is 40.0 Å². The van der Waals surface area contributed by atoms with Gasteiger partial charge in [0.1, 0.15) is 0 Å². The Morgan fingerprint density at radius 2 is 2.26 bits per heavy atom. The summed E-state index contributed by atoms with van der Waals surface area (Å²) < 4.78 is 2.07. The normalized spacial score (nSPS) is 28.3. The summed E-state index contributed by atoms with van der Waals surface area (Å²) in [5, 5.41) is 8.25. The third-order valence-corrected chi connectivity index (χ3v) is 4.73. The number of hydrogen-bond acceptors (Lipinski definition) is 3. The number of hydrogen-bond donors (Lipinski definition) is 1. The molecular weight excluding hydrogens is 236 g/mol. The molecular formula is C15H26N4. The lowest BCUT2D eigenvalue weighted by molar-refractivity contribution is 0.202. The van der Waals surface area contributed by atoms with Crippen LogP contribution in [0.15, 0.2) is 6.07 Å². The fraction of sp³-hybridized carbons (Fsp3) is 0.800. The number of rotatable bonds is 4. The smallest absolute Gasteiger partial charge is 0.0625 e. The molecule has 106 valence electrons. The van der Waals surface area contributed by atoms with Crippen molar-refractivity contribution >= 4 is 0 Å². The Kier molecular flexibility index (Phi) is 3.89. The minimum Gasteiger partial charge on any atom is -0.312 e. The van der Waals surface area contributed by atoms with Crippen LogP contribution in [0.4, 0.5) is 0 Å². The van der Waals surface area contributed by atoms with Gasteiger partial charge >= 0.3 is 0 Å². The maximum absolute atomic E-state index is 4.57. The zero-order valence-corrected chi connectivity index (χ0v) is 12.2. The summed E-state index contributed by atoms with van der Waals surface area (Å²) in [7, 11) is 2.08. The van der Waals surface area contributed by atoms with Gasteiger partial charge in [-0.25, -0.2) is 0 Å². The van der Waals surface area contributed by atoms with Crippen LogP contribution < -0.4 is 5.32 Å². The van der Waals surface area contributed by atoms with Gasteiger partial charge in [-0.05, 0) is 51.3 Å². The van der Waals surface area contributed by atoms with E-state index in [9.17, 15) is 0 Å². The first-order valence-corrected chi connectivity index (χ1v) is 7.77. The van der Waals surface area contributed by atoms with E-state index in [4.69, 9.17) is 0 Å². The second-order valence-electron chi connectivity index (χ2n) is 5.99. The predicted octanol–water partition coefficient (Wildman–Crippen LogP) is 1.70. The van der Waals surface area contributed by atoms with E-state index in [1.54, 1.807) is 0 Å². The summed E-state index contributed by atoms with van der Waals surface area (Å²) in [5.74, 6) is 0. The number of aromatic nitrogens is 2. The van der Waals surface area contributed by atoms with Gasteiger partial charge in [-0.1, -0.05) is 6.92 Å². The average molecular weight is 262 g/mol. The van der Waals surface area contributed by atoms with Gasteiger partial charge in [-0.2, -0.15) is 5.10 Å². The summed E-state index contributed by atoms with van der Waals surface area (Å²) in [5.41, 5.74) is 2.58. The van der Waals surface area contributed by atoms with Crippen molar-refractivity contribution in [1.29, 1.82) is 0 Å².